The summed E-state index contributed by atoms with van der Waals surface area (Å²) in [6.07, 6.45) is 3.23. The Labute approximate surface area is 338 Å². The molecule has 2 heterocycles. The first-order valence-electron chi connectivity index (χ1n) is 18.1. The number of aromatic nitrogens is 4. The minimum absolute atomic E-state index is 0.177. The quantitative estimate of drug-likeness (QED) is 0.162. The minimum atomic E-state index is -0.798. The van der Waals surface area contributed by atoms with Crippen molar-refractivity contribution in [1.82, 2.24) is 19.6 Å². The fourth-order valence-corrected chi connectivity index (χ4v) is 6.03. The van der Waals surface area contributed by atoms with E-state index in [4.69, 9.17) is 20.3 Å². The molecule has 2 aliphatic carbocycles. The molecule has 2 saturated carbocycles. The molecule has 0 radical (unpaired) electrons. The molecule has 2 fully saturated rings. The van der Waals surface area contributed by atoms with Gasteiger partial charge in [-0.05, 0) is 116 Å². The summed E-state index contributed by atoms with van der Waals surface area (Å²) in [7, 11) is 0. The second kappa shape index (κ2) is 18.0. The highest BCUT2D eigenvalue weighted by Gasteiger charge is 2.33. The predicted octanol–water partition coefficient (Wildman–Crippen LogP) is 9.81. The summed E-state index contributed by atoms with van der Waals surface area (Å²) in [4.78, 5) is 47.5. The minimum Gasteiger partial charge on any atom is -0.481 e. The van der Waals surface area contributed by atoms with E-state index < -0.39 is 35.3 Å². The van der Waals surface area contributed by atoms with Gasteiger partial charge in [-0.3, -0.25) is 9.59 Å². The van der Waals surface area contributed by atoms with Gasteiger partial charge in [0, 0.05) is 32.9 Å². The summed E-state index contributed by atoms with van der Waals surface area (Å²) in [5.74, 6) is -0.323. The molecule has 55 heavy (non-hydrogen) atoms. The molecule has 13 nitrogen and oxygen atoms in total. The highest BCUT2D eigenvalue weighted by atomic mass is 79.9. The number of halogens is 2. The van der Waals surface area contributed by atoms with Gasteiger partial charge in [0.15, 0.2) is 5.82 Å². The van der Waals surface area contributed by atoms with Gasteiger partial charge in [-0.1, -0.05) is 56.1 Å². The van der Waals surface area contributed by atoms with Crippen LogP contribution in [0.15, 0.2) is 69.6 Å². The number of nitrogen functional groups attached to an aromatic ring is 1. The molecule has 6 rings (SSSR count). The van der Waals surface area contributed by atoms with E-state index in [1.165, 1.54) is 9.36 Å². The lowest BCUT2D eigenvalue weighted by Crippen LogP contribution is -2.28. The van der Waals surface area contributed by atoms with Crippen LogP contribution >= 0.6 is 31.9 Å². The van der Waals surface area contributed by atoms with Gasteiger partial charge in [0.2, 0.25) is 5.91 Å². The molecule has 2 aromatic carbocycles. The summed E-state index contributed by atoms with van der Waals surface area (Å²) in [5.41, 5.74) is 7.85. The van der Waals surface area contributed by atoms with E-state index in [1.807, 2.05) is 97.0 Å². The zero-order chi connectivity index (χ0) is 40.8. The number of aliphatic carboxylic acids is 1. The number of carbonyl (C=O) groups is 4. The van der Waals surface area contributed by atoms with Crippen LogP contribution in [-0.2, 0) is 19.1 Å². The zero-order valence-electron chi connectivity index (χ0n) is 32.4. The number of benzene rings is 2. The maximum atomic E-state index is 12.6. The van der Waals surface area contributed by atoms with E-state index in [0.717, 1.165) is 57.1 Å². The van der Waals surface area contributed by atoms with Crippen molar-refractivity contribution >= 4 is 67.6 Å². The summed E-state index contributed by atoms with van der Waals surface area (Å²) in [6.45, 7) is 14.4. The van der Waals surface area contributed by atoms with E-state index in [-0.39, 0.29) is 17.7 Å². The zero-order valence-corrected chi connectivity index (χ0v) is 35.6. The van der Waals surface area contributed by atoms with Crippen molar-refractivity contribution in [3.8, 4) is 0 Å². The van der Waals surface area contributed by atoms with Gasteiger partial charge >= 0.3 is 18.2 Å². The Hall–Kier alpha value is -4.50. The van der Waals surface area contributed by atoms with Crippen LogP contribution in [0, 0.1) is 0 Å². The van der Waals surface area contributed by atoms with Crippen LogP contribution in [0.3, 0.4) is 0 Å². The lowest BCUT2D eigenvalue weighted by molar-refractivity contribution is -0.138. The van der Waals surface area contributed by atoms with Gasteiger partial charge in [0.25, 0.3) is 0 Å². The molecule has 4 N–H and O–H groups in total. The molecule has 2 aromatic heterocycles. The molecule has 2 atom stereocenters. The summed E-state index contributed by atoms with van der Waals surface area (Å²) in [5, 5.41) is 19.8. The third-order valence-electron chi connectivity index (χ3n) is 8.33. The smallest absolute Gasteiger partial charge is 0.435 e. The number of ether oxygens (including phenoxy) is 2. The summed E-state index contributed by atoms with van der Waals surface area (Å²) in [6, 6.07) is 18.5. The van der Waals surface area contributed by atoms with E-state index >= 15 is 0 Å². The Morgan fingerprint density at radius 2 is 1.18 bits per heavy atom. The van der Waals surface area contributed by atoms with Crippen molar-refractivity contribution in [3.63, 3.8) is 0 Å². The highest BCUT2D eigenvalue weighted by Crippen LogP contribution is 2.42. The second-order valence-electron chi connectivity index (χ2n) is 15.7. The van der Waals surface area contributed by atoms with Crippen molar-refractivity contribution in [1.29, 1.82) is 0 Å². The number of anilines is 2. The molecule has 2 aliphatic rings. The van der Waals surface area contributed by atoms with Gasteiger partial charge < -0.3 is 25.6 Å². The number of hydrogen-bond acceptors (Lipinski definition) is 9. The lowest BCUT2D eigenvalue weighted by atomic mass is 10.0. The number of nitrogens with two attached hydrogens (primary N) is 1. The summed E-state index contributed by atoms with van der Waals surface area (Å²) < 4.78 is 15.1. The Kier molecular flexibility index (Phi) is 14.1. The molecule has 0 aliphatic heterocycles. The van der Waals surface area contributed by atoms with Crippen LogP contribution < -0.4 is 11.1 Å². The molecular weight excluding hydrogens is 836 g/mol. The van der Waals surface area contributed by atoms with Crippen LogP contribution in [0.2, 0.25) is 0 Å². The Bertz CT molecular complexity index is 2000. The van der Waals surface area contributed by atoms with Crippen molar-refractivity contribution in [2.45, 2.75) is 116 Å². The first-order valence-corrected chi connectivity index (χ1v) is 19.7. The van der Waals surface area contributed by atoms with Gasteiger partial charge in [0.1, 0.15) is 17.0 Å². The van der Waals surface area contributed by atoms with Crippen LogP contribution in [0.4, 0.5) is 21.2 Å². The van der Waals surface area contributed by atoms with Crippen LogP contribution in [0.5, 0.6) is 0 Å². The summed E-state index contributed by atoms with van der Waals surface area (Å²) >= 11 is 6.71. The van der Waals surface area contributed by atoms with Gasteiger partial charge in [0.05, 0.1) is 23.2 Å². The fraction of sp³-hybridized carbons (Fsp3) is 0.450. The molecule has 2 unspecified atom stereocenters. The maximum Gasteiger partial charge on any atom is 0.435 e. The number of nitrogens with zero attached hydrogens (tertiary/aromatic N) is 4. The van der Waals surface area contributed by atoms with Crippen molar-refractivity contribution in [3.05, 3.63) is 92.1 Å². The van der Waals surface area contributed by atoms with E-state index in [2.05, 4.69) is 47.4 Å². The third kappa shape index (κ3) is 13.3. The number of rotatable bonds is 7. The molecular formula is C40H50Br2N6O7. The molecule has 1 amide bonds. The van der Waals surface area contributed by atoms with Gasteiger partial charge in [-0.25, -0.2) is 9.59 Å². The van der Waals surface area contributed by atoms with E-state index in [0.29, 0.717) is 17.6 Å². The largest absolute Gasteiger partial charge is 0.481 e. The monoisotopic (exact) mass is 884 g/mol. The number of carboxylic acids is 1. The maximum absolute atomic E-state index is 12.6. The predicted molar refractivity (Wildman–Crippen MR) is 217 cm³/mol. The molecule has 296 valence electrons. The van der Waals surface area contributed by atoms with E-state index in [1.54, 1.807) is 19.1 Å². The lowest BCUT2D eigenvalue weighted by Gasteiger charge is -2.19. The van der Waals surface area contributed by atoms with Crippen molar-refractivity contribution < 1.29 is 33.8 Å². The fourth-order valence-electron chi connectivity index (χ4n) is 5.19. The molecule has 15 heteroatoms. The first kappa shape index (κ1) is 43.2. The number of hydrogen-bond donors (Lipinski definition) is 3. The van der Waals surface area contributed by atoms with E-state index in [9.17, 15) is 19.2 Å². The van der Waals surface area contributed by atoms with Crippen LogP contribution in [0.25, 0.3) is 0 Å². The normalized spacial score (nSPS) is 14.9. The van der Waals surface area contributed by atoms with Gasteiger partial charge in [-0.15, -0.1) is 10.2 Å². The second-order valence-corrected chi connectivity index (χ2v) is 17.5. The van der Waals surface area contributed by atoms with Crippen molar-refractivity contribution in [2.24, 2.45) is 0 Å². The SMILES string of the molecule is CC(C(=O)Nc1cc(C2CC2)n(C(=O)OC(C)(C)C)n1)c1cccc(Br)c1.CC(C(=O)O)c1cccc(Br)c1.CC(C)(C)OC(=O)n1nc(N)cc1C1CC1. The Morgan fingerprint density at radius 3 is 1.60 bits per heavy atom. The molecule has 0 bridgehead atoms. The number of nitrogens with one attached hydrogen (secondary N) is 1. The molecule has 0 spiro atoms. The topological polar surface area (TPSA) is 181 Å². The van der Waals surface area contributed by atoms with Crippen LogP contribution in [0.1, 0.15) is 127 Å². The average molecular weight is 887 g/mol. The molecule has 0 saturated heterocycles. The Balaban J connectivity index is 0.000000203. The average Bonchev–Trinajstić information content (AvgIpc) is 4.02. The molecule has 4 aromatic rings. The highest BCUT2D eigenvalue weighted by molar-refractivity contribution is 9.10. The van der Waals surface area contributed by atoms with Crippen molar-refractivity contribution in [2.75, 3.05) is 11.1 Å². The standard InChI is InChI=1S/C20H24BrN3O3.C11H17N3O2.C9H9BrO2/c1-12(14-6-5-7-15(21)10-14)18(25)22-17-11-16(13-8-9-13)24(23-17)19(26)27-20(2,3)4;1-11(2,3)16-10(15)14-8(7-4-5-7)6-9(12)13-14;1-6(9(11)12)7-3-2-4-8(10)5-7/h5-7,10-13H,8-9H2,1-4H3,(H,22,23,25);6-7H,4-5H2,1-3H3,(H2,12,13);2-6H,1H3,(H,11,12). The van der Waals surface area contributed by atoms with Gasteiger partial charge in [-0.2, -0.15) is 9.36 Å². The third-order valence-corrected chi connectivity index (χ3v) is 9.32. The Morgan fingerprint density at radius 1 is 0.745 bits per heavy atom. The number of amides is 1. The first-order chi connectivity index (χ1) is 25.6. The number of carbonyl (C=O) groups excluding carboxylic acids is 3. The number of carboxylic acid groups (broad SMARTS) is 1. The van der Waals surface area contributed by atoms with Crippen LogP contribution in [-0.4, -0.2) is 59.9 Å².